The van der Waals surface area contributed by atoms with Gasteiger partial charge in [0.15, 0.2) is 0 Å². The molecule has 1 aromatic rings. The molecule has 0 radical (unpaired) electrons. The molecule has 0 saturated heterocycles. The molecule has 0 fully saturated rings. The van der Waals surface area contributed by atoms with Gasteiger partial charge in [-0.05, 0) is 32.0 Å². The average molecular weight is 272 g/mol. The molecule has 6 heteroatoms. The number of urea groups is 1. The molecular formula is C12H18ClN3O2. The molecule has 100 valence electrons. The van der Waals surface area contributed by atoms with Crippen LogP contribution in [0.4, 0.5) is 10.5 Å². The molecule has 1 aromatic carbocycles. The van der Waals surface area contributed by atoms with Crippen molar-refractivity contribution < 1.29 is 9.53 Å². The highest BCUT2D eigenvalue weighted by Gasteiger charge is 2.15. The molecule has 0 aliphatic rings. The topological polar surface area (TPSA) is 58.8 Å². The molecule has 0 aliphatic carbocycles. The van der Waals surface area contributed by atoms with Gasteiger partial charge in [-0.1, -0.05) is 11.6 Å². The van der Waals surface area contributed by atoms with Gasteiger partial charge in [-0.15, -0.1) is 0 Å². The van der Waals surface area contributed by atoms with Gasteiger partial charge in [-0.2, -0.15) is 0 Å². The zero-order valence-electron chi connectivity index (χ0n) is 11.0. The van der Waals surface area contributed by atoms with Crippen LogP contribution in [0.25, 0.3) is 0 Å². The molecule has 2 N–H and O–H groups in total. The second-order valence-electron chi connectivity index (χ2n) is 4.33. The van der Waals surface area contributed by atoms with Crippen molar-refractivity contribution in [2.45, 2.75) is 20.0 Å². The van der Waals surface area contributed by atoms with E-state index < -0.39 is 0 Å². The first kappa shape index (κ1) is 14.6. The largest absolute Gasteiger partial charge is 0.489 e. The standard InChI is InChI=1S/C12H18ClN3O2/c1-8(2)18-11-6-5-9(7-10(11)13)16(14)12(17)15(3)4/h5-8H,14H2,1-4H3. The van der Waals surface area contributed by atoms with Gasteiger partial charge in [0.2, 0.25) is 0 Å². The van der Waals surface area contributed by atoms with Crippen LogP contribution in [0.1, 0.15) is 13.8 Å². The Labute approximate surface area is 112 Å². The Balaban J connectivity index is 2.93. The summed E-state index contributed by atoms with van der Waals surface area (Å²) in [5.74, 6) is 6.27. The lowest BCUT2D eigenvalue weighted by Crippen LogP contribution is -2.44. The zero-order chi connectivity index (χ0) is 13.9. The second-order valence-corrected chi connectivity index (χ2v) is 4.74. The lowest BCUT2D eigenvalue weighted by atomic mass is 10.3. The number of hydrazine groups is 1. The van der Waals surface area contributed by atoms with E-state index in [1.54, 1.807) is 32.3 Å². The average Bonchev–Trinajstić information content (AvgIpc) is 2.29. The lowest BCUT2D eigenvalue weighted by molar-refractivity contribution is 0.224. The van der Waals surface area contributed by atoms with Gasteiger partial charge in [0.25, 0.3) is 0 Å². The third-order valence-electron chi connectivity index (χ3n) is 2.14. The van der Waals surface area contributed by atoms with Crippen molar-refractivity contribution in [2.75, 3.05) is 19.1 Å². The number of amides is 2. The number of anilines is 1. The molecule has 0 aliphatic heterocycles. The van der Waals surface area contributed by atoms with Crippen LogP contribution in [0.5, 0.6) is 5.75 Å². The van der Waals surface area contributed by atoms with Crippen LogP contribution in [0.3, 0.4) is 0 Å². The molecule has 2 amide bonds. The smallest absolute Gasteiger partial charge is 0.338 e. The molecule has 0 saturated carbocycles. The van der Waals surface area contributed by atoms with Gasteiger partial charge in [0.05, 0.1) is 16.8 Å². The Morgan fingerprint density at radius 3 is 2.44 bits per heavy atom. The van der Waals surface area contributed by atoms with Crippen molar-refractivity contribution in [2.24, 2.45) is 5.84 Å². The van der Waals surface area contributed by atoms with E-state index in [1.807, 2.05) is 13.8 Å². The number of nitrogens with zero attached hydrogens (tertiary/aromatic N) is 2. The summed E-state index contributed by atoms with van der Waals surface area (Å²) in [6.07, 6.45) is 0.0331. The molecule has 18 heavy (non-hydrogen) atoms. The molecule has 0 bridgehead atoms. The summed E-state index contributed by atoms with van der Waals surface area (Å²) in [6.45, 7) is 3.82. The monoisotopic (exact) mass is 271 g/mol. The zero-order valence-corrected chi connectivity index (χ0v) is 11.7. The maximum absolute atomic E-state index is 11.7. The van der Waals surface area contributed by atoms with Gasteiger partial charge in [0, 0.05) is 14.1 Å². The molecule has 0 unspecified atom stereocenters. The van der Waals surface area contributed by atoms with Gasteiger partial charge in [-0.3, -0.25) is 0 Å². The van der Waals surface area contributed by atoms with Crippen LogP contribution in [0, 0.1) is 0 Å². The summed E-state index contributed by atoms with van der Waals surface area (Å²) in [4.78, 5) is 13.1. The van der Waals surface area contributed by atoms with Crippen LogP contribution in [-0.4, -0.2) is 31.1 Å². The second kappa shape index (κ2) is 5.93. The number of carbonyl (C=O) groups is 1. The molecule has 0 heterocycles. The lowest BCUT2D eigenvalue weighted by Gasteiger charge is -2.22. The number of hydrogen-bond donors (Lipinski definition) is 1. The first-order valence-corrected chi connectivity index (χ1v) is 5.93. The van der Waals surface area contributed by atoms with E-state index in [0.29, 0.717) is 16.5 Å². The van der Waals surface area contributed by atoms with Gasteiger partial charge in [0.1, 0.15) is 5.75 Å². The summed E-state index contributed by atoms with van der Waals surface area (Å²) >= 11 is 6.07. The first-order valence-electron chi connectivity index (χ1n) is 5.55. The van der Waals surface area contributed by atoms with Gasteiger partial charge < -0.3 is 9.64 Å². The number of benzene rings is 1. The Bertz CT molecular complexity index is 435. The van der Waals surface area contributed by atoms with Crippen LogP contribution >= 0.6 is 11.6 Å². The van der Waals surface area contributed by atoms with Crippen molar-refractivity contribution in [3.63, 3.8) is 0 Å². The Kier molecular flexibility index (Phi) is 4.81. The number of nitrogens with two attached hydrogens (primary N) is 1. The van der Waals surface area contributed by atoms with Gasteiger partial charge in [-0.25, -0.2) is 15.6 Å². The third-order valence-corrected chi connectivity index (χ3v) is 2.44. The molecule has 0 aromatic heterocycles. The number of hydrogen-bond acceptors (Lipinski definition) is 3. The maximum Gasteiger partial charge on any atom is 0.338 e. The minimum atomic E-state index is -0.330. The quantitative estimate of drug-likeness (QED) is 0.522. The van der Waals surface area contributed by atoms with E-state index in [1.165, 1.54) is 4.90 Å². The van der Waals surface area contributed by atoms with Crippen molar-refractivity contribution in [3.8, 4) is 5.75 Å². The fraction of sp³-hybridized carbons (Fsp3) is 0.417. The Hall–Kier alpha value is -1.46. The molecule has 0 spiro atoms. The number of ether oxygens (including phenoxy) is 1. The van der Waals surface area contributed by atoms with Crippen LogP contribution < -0.4 is 15.6 Å². The third kappa shape index (κ3) is 3.51. The summed E-state index contributed by atoms with van der Waals surface area (Å²) in [5, 5.41) is 1.45. The fourth-order valence-corrected chi connectivity index (χ4v) is 1.53. The summed E-state index contributed by atoms with van der Waals surface area (Å²) in [7, 11) is 3.25. The highest BCUT2D eigenvalue weighted by Crippen LogP contribution is 2.29. The predicted molar refractivity (Wildman–Crippen MR) is 73.0 cm³/mol. The van der Waals surface area contributed by atoms with E-state index in [9.17, 15) is 4.79 Å². The molecule has 0 atom stereocenters. The van der Waals surface area contributed by atoms with Crippen LogP contribution in [0.15, 0.2) is 18.2 Å². The molecular weight excluding hydrogens is 254 g/mol. The maximum atomic E-state index is 11.7. The van der Waals surface area contributed by atoms with Crippen molar-refractivity contribution in [1.82, 2.24) is 4.90 Å². The van der Waals surface area contributed by atoms with E-state index >= 15 is 0 Å². The van der Waals surface area contributed by atoms with Crippen molar-refractivity contribution in [1.29, 1.82) is 0 Å². The summed E-state index contributed by atoms with van der Waals surface area (Å²) in [5.41, 5.74) is 0.509. The van der Waals surface area contributed by atoms with E-state index in [4.69, 9.17) is 22.2 Å². The highest BCUT2D eigenvalue weighted by molar-refractivity contribution is 6.32. The highest BCUT2D eigenvalue weighted by atomic mass is 35.5. The summed E-state index contributed by atoms with van der Waals surface area (Å²) < 4.78 is 5.50. The predicted octanol–water partition coefficient (Wildman–Crippen LogP) is 2.49. The van der Waals surface area contributed by atoms with E-state index in [0.717, 1.165) is 5.01 Å². The first-order chi connectivity index (χ1) is 8.32. The summed E-state index contributed by atoms with van der Waals surface area (Å²) in [6, 6.07) is 4.65. The fourth-order valence-electron chi connectivity index (χ4n) is 1.32. The van der Waals surface area contributed by atoms with Crippen LogP contribution in [0.2, 0.25) is 5.02 Å². The molecule has 1 rings (SSSR count). The van der Waals surface area contributed by atoms with E-state index in [2.05, 4.69) is 0 Å². The minimum Gasteiger partial charge on any atom is -0.489 e. The SMILES string of the molecule is CC(C)Oc1ccc(N(N)C(=O)N(C)C)cc1Cl. The Morgan fingerprint density at radius 2 is 2.00 bits per heavy atom. The molecule has 5 nitrogen and oxygen atoms in total. The Morgan fingerprint density at radius 1 is 1.39 bits per heavy atom. The van der Waals surface area contributed by atoms with Gasteiger partial charge >= 0.3 is 6.03 Å². The number of halogens is 1. The normalized spacial score (nSPS) is 10.4. The minimum absolute atomic E-state index is 0.0331. The van der Waals surface area contributed by atoms with E-state index in [-0.39, 0.29) is 12.1 Å². The van der Waals surface area contributed by atoms with Crippen LogP contribution in [-0.2, 0) is 0 Å². The number of rotatable bonds is 3. The van der Waals surface area contributed by atoms with Crippen molar-refractivity contribution >= 4 is 23.3 Å². The number of carbonyl (C=O) groups excluding carboxylic acids is 1. The van der Waals surface area contributed by atoms with Crippen molar-refractivity contribution in [3.05, 3.63) is 23.2 Å².